The molecule has 0 spiro atoms. The number of ether oxygens (including phenoxy) is 2. The van der Waals surface area contributed by atoms with Crippen LogP contribution in [-0.2, 0) is 10.0 Å². The van der Waals surface area contributed by atoms with Gasteiger partial charge in [0.1, 0.15) is 18.1 Å². The van der Waals surface area contributed by atoms with Crippen LogP contribution < -0.4 is 9.47 Å². The SMILES string of the molecule is O=C1c2cc(-c3ccc(OC(F)(F)F)cc3)ccc2OCCN1CCCS(=O)(=O)N1CCC1. The molecule has 0 radical (unpaired) electrons. The van der Waals surface area contributed by atoms with Gasteiger partial charge in [0.15, 0.2) is 0 Å². The predicted octanol–water partition coefficient (Wildman–Crippen LogP) is 3.51. The highest BCUT2D eigenvalue weighted by atomic mass is 32.2. The Balaban J connectivity index is 1.46. The molecule has 1 fully saturated rings. The molecule has 2 aliphatic heterocycles. The van der Waals surface area contributed by atoms with Crippen molar-refractivity contribution in [2.75, 3.05) is 38.5 Å². The van der Waals surface area contributed by atoms with Crippen molar-refractivity contribution in [3.63, 3.8) is 0 Å². The van der Waals surface area contributed by atoms with Crippen molar-refractivity contribution >= 4 is 15.9 Å². The number of carbonyl (C=O) groups excluding carboxylic acids is 1. The molecule has 0 saturated carbocycles. The molecule has 11 heteroatoms. The van der Waals surface area contributed by atoms with Crippen molar-refractivity contribution in [2.45, 2.75) is 19.2 Å². The molecule has 0 unspecified atom stereocenters. The molecule has 1 amide bonds. The minimum Gasteiger partial charge on any atom is -0.491 e. The maximum atomic E-state index is 13.1. The van der Waals surface area contributed by atoms with Gasteiger partial charge in [-0.3, -0.25) is 4.79 Å². The Morgan fingerprint density at radius 2 is 1.70 bits per heavy atom. The van der Waals surface area contributed by atoms with Gasteiger partial charge in [0.25, 0.3) is 5.91 Å². The lowest BCUT2D eigenvalue weighted by Gasteiger charge is -2.30. The van der Waals surface area contributed by atoms with Crippen LogP contribution in [0.3, 0.4) is 0 Å². The largest absolute Gasteiger partial charge is 0.573 e. The second-order valence-electron chi connectivity index (χ2n) is 7.85. The maximum absolute atomic E-state index is 13.1. The molecule has 7 nitrogen and oxygen atoms in total. The molecule has 2 aliphatic rings. The summed E-state index contributed by atoms with van der Waals surface area (Å²) in [6, 6.07) is 10.4. The van der Waals surface area contributed by atoms with Gasteiger partial charge in [-0.1, -0.05) is 18.2 Å². The molecule has 0 bridgehead atoms. The quantitative estimate of drug-likeness (QED) is 0.601. The third-order valence-corrected chi connectivity index (χ3v) is 7.53. The number of benzene rings is 2. The van der Waals surface area contributed by atoms with E-state index in [4.69, 9.17) is 4.74 Å². The van der Waals surface area contributed by atoms with E-state index in [1.54, 1.807) is 23.1 Å². The molecule has 1 saturated heterocycles. The highest BCUT2D eigenvalue weighted by molar-refractivity contribution is 7.89. The van der Waals surface area contributed by atoms with Gasteiger partial charge < -0.3 is 14.4 Å². The summed E-state index contributed by atoms with van der Waals surface area (Å²) in [6.45, 7) is 2.00. The van der Waals surface area contributed by atoms with Crippen LogP contribution in [0.2, 0.25) is 0 Å². The van der Waals surface area contributed by atoms with Crippen LogP contribution in [0.4, 0.5) is 13.2 Å². The van der Waals surface area contributed by atoms with Crippen LogP contribution in [0.15, 0.2) is 42.5 Å². The Morgan fingerprint density at radius 3 is 2.33 bits per heavy atom. The number of hydrogen-bond acceptors (Lipinski definition) is 5. The van der Waals surface area contributed by atoms with Gasteiger partial charge in [0.05, 0.1) is 17.9 Å². The smallest absolute Gasteiger partial charge is 0.491 e. The van der Waals surface area contributed by atoms with E-state index in [9.17, 15) is 26.4 Å². The minimum atomic E-state index is -4.77. The van der Waals surface area contributed by atoms with E-state index in [0.29, 0.717) is 48.5 Å². The summed E-state index contributed by atoms with van der Waals surface area (Å²) in [4.78, 5) is 14.7. The third kappa shape index (κ3) is 5.59. The van der Waals surface area contributed by atoms with Gasteiger partial charge in [0.2, 0.25) is 10.0 Å². The maximum Gasteiger partial charge on any atom is 0.573 e. The number of halogens is 3. The summed E-state index contributed by atoms with van der Waals surface area (Å²) >= 11 is 0. The van der Waals surface area contributed by atoms with Gasteiger partial charge in [-0.05, 0) is 48.2 Å². The van der Waals surface area contributed by atoms with Gasteiger partial charge in [-0.25, -0.2) is 12.7 Å². The zero-order valence-electron chi connectivity index (χ0n) is 17.7. The third-order valence-electron chi connectivity index (χ3n) is 5.58. The lowest BCUT2D eigenvalue weighted by Crippen LogP contribution is -2.43. The number of amides is 1. The number of rotatable bonds is 7. The van der Waals surface area contributed by atoms with Crippen molar-refractivity contribution in [1.82, 2.24) is 9.21 Å². The minimum absolute atomic E-state index is 0.0170. The zero-order valence-corrected chi connectivity index (χ0v) is 18.5. The van der Waals surface area contributed by atoms with Crippen LogP contribution in [0.1, 0.15) is 23.2 Å². The molecule has 0 aliphatic carbocycles. The summed E-state index contributed by atoms with van der Waals surface area (Å²) in [5, 5.41) is 0. The van der Waals surface area contributed by atoms with Gasteiger partial charge in [0, 0.05) is 19.6 Å². The summed E-state index contributed by atoms with van der Waals surface area (Å²) in [7, 11) is -3.29. The average Bonchev–Trinajstić information content (AvgIpc) is 2.84. The molecular weight excluding hydrogens is 461 g/mol. The molecule has 0 N–H and O–H groups in total. The molecule has 2 heterocycles. The number of sulfonamides is 1. The number of fused-ring (bicyclic) bond motifs is 1. The predicted molar refractivity (Wildman–Crippen MR) is 115 cm³/mol. The molecule has 0 atom stereocenters. The van der Waals surface area contributed by atoms with Crippen LogP contribution >= 0.6 is 0 Å². The van der Waals surface area contributed by atoms with E-state index in [2.05, 4.69) is 4.74 Å². The molecule has 2 aromatic carbocycles. The second kappa shape index (κ2) is 9.22. The molecule has 2 aromatic rings. The van der Waals surface area contributed by atoms with Crippen LogP contribution in [0.5, 0.6) is 11.5 Å². The fourth-order valence-corrected chi connectivity index (χ4v) is 5.30. The van der Waals surface area contributed by atoms with Gasteiger partial charge >= 0.3 is 6.36 Å². The van der Waals surface area contributed by atoms with Crippen LogP contribution in [0, 0.1) is 0 Å². The Hall–Kier alpha value is -2.79. The standard InChI is InChI=1S/C22H23F3N2O5S/c23-22(24,25)32-18-6-3-16(4-7-18)17-5-8-20-19(15-17)21(28)26(12-13-31-20)9-2-14-33(29,30)27-10-1-11-27/h3-8,15H,1-2,9-14H2. The van der Waals surface area contributed by atoms with Crippen LogP contribution in [-0.4, -0.2) is 68.4 Å². The van der Waals surface area contributed by atoms with Gasteiger partial charge in [-0.2, -0.15) is 0 Å². The summed E-state index contributed by atoms with van der Waals surface area (Å²) in [5.41, 5.74) is 1.56. The summed E-state index contributed by atoms with van der Waals surface area (Å²) in [6.07, 6.45) is -3.58. The molecule has 4 rings (SSSR count). The Labute approximate surface area is 189 Å². The lowest BCUT2D eigenvalue weighted by molar-refractivity contribution is -0.274. The zero-order chi connectivity index (χ0) is 23.6. The first-order valence-electron chi connectivity index (χ1n) is 10.5. The number of nitrogens with zero attached hydrogens (tertiary/aromatic N) is 2. The van der Waals surface area contributed by atoms with Crippen molar-refractivity contribution in [1.29, 1.82) is 0 Å². The average molecular weight is 484 g/mol. The number of carbonyl (C=O) groups is 1. The highest BCUT2D eigenvalue weighted by Gasteiger charge is 2.31. The van der Waals surface area contributed by atoms with Crippen LogP contribution in [0.25, 0.3) is 11.1 Å². The Kier molecular flexibility index (Phi) is 6.53. The van der Waals surface area contributed by atoms with Gasteiger partial charge in [-0.15, -0.1) is 13.2 Å². The van der Waals surface area contributed by atoms with E-state index in [1.165, 1.54) is 28.6 Å². The first-order chi connectivity index (χ1) is 15.6. The van der Waals surface area contributed by atoms with Crippen molar-refractivity contribution < 1.29 is 35.9 Å². The lowest BCUT2D eigenvalue weighted by atomic mass is 10.0. The fraction of sp³-hybridized carbons (Fsp3) is 0.409. The Morgan fingerprint density at radius 1 is 1.00 bits per heavy atom. The number of alkyl halides is 3. The molecule has 0 aromatic heterocycles. The van der Waals surface area contributed by atoms with E-state index in [-0.39, 0.29) is 30.6 Å². The highest BCUT2D eigenvalue weighted by Crippen LogP contribution is 2.31. The monoisotopic (exact) mass is 484 g/mol. The fourth-order valence-electron chi connectivity index (χ4n) is 3.73. The molecule has 33 heavy (non-hydrogen) atoms. The first-order valence-corrected chi connectivity index (χ1v) is 12.1. The van der Waals surface area contributed by atoms with Crippen molar-refractivity contribution in [2.24, 2.45) is 0 Å². The van der Waals surface area contributed by atoms with E-state index >= 15 is 0 Å². The van der Waals surface area contributed by atoms with Crippen molar-refractivity contribution in [3.05, 3.63) is 48.0 Å². The molecule has 178 valence electrons. The Bertz CT molecular complexity index is 1120. The second-order valence-corrected chi connectivity index (χ2v) is 9.93. The number of hydrogen-bond donors (Lipinski definition) is 0. The van der Waals surface area contributed by atoms with E-state index in [0.717, 1.165) is 6.42 Å². The van der Waals surface area contributed by atoms with E-state index in [1.807, 2.05) is 0 Å². The molecular formula is C22H23F3N2O5S. The van der Waals surface area contributed by atoms with Crippen molar-refractivity contribution in [3.8, 4) is 22.6 Å². The first kappa shape index (κ1) is 23.4. The summed E-state index contributed by atoms with van der Waals surface area (Å²) in [5.74, 6) is -0.212. The topological polar surface area (TPSA) is 76.1 Å². The van der Waals surface area contributed by atoms with E-state index < -0.39 is 16.4 Å². The summed E-state index contributed by atoms with van der Waals surface area (Å²) < 4.78 is 72.6. The normalized spacial score (nSPS) is 17.1.